The zero-order chi connectivity index (χ0) is 20.2. The lowest BCUT2D eigenvalue weighted by Gasteiger charge is -2.41. The van der Waals surface area contributed by atoms with E-state index in [1.165, 1.54) is 23.6 Å². The number of nitrogens with zero attached hydrogens (tertiary/aromatic N) is 5. The standard InChI is InChI=1S/C20H26FN5O3/c21-18-11-17(26-13-22-23-14-26)5-6-19(18)29-12-15-1-3-16(4-2-15)24-7-9-25(10-8-24)20(27)28/h5-6,11,13-16H,1-4,7-10,12H2,(H,27,28)/t15-,16-. The Balaban J connectivity index is 1.23. The number of hydrogen-bond acceptors (Lipinski definition) is 5. The number of piperazine rings is 1. The van der Waals surface area contributed by atoms with Gasteiger partial charge in [0.15, 0.2) is 11.6 Å². The van der Waals surface area contributed by atoms with Crippen LogP contribution in [0.2, 0.25) is 0 Å². The van der Waals surface area contributed by atoms with Gasteiger partial charge in [0.05, 0.1) is 12.3 Å². The first-order valence-corrected chi connectivity index (χ1v) is 10.1. The first kappa shape index (κ1) is 19.6. The summed E-state index contributed by atoms with van der Waals surface area (Å²) in [6.07, 6.45) is 6.47. The Hall–Kier alpha value is -2.68. The van der Waals surface area contributed by atoms with Crippen molar-refractivity contribution in [1.29, 1.82) is 0 Å². The van der Waals surface area contributed by atoms with Gasteiger partial charge in [0.1, 0.15) is 12.7 Å². The van der Waals surface area contributed by atoms with E-state index in [2.05, 4.69) is 15.1 Å². The molecule has 1 saturated carbocycles. The van der Waals surface area contributed by atoms with E-state index in [1.54, 1.807) is 16.7 Å². The van der Waals surface area contributed by atoms with Gasteiger partial charge in [0.2, 0.25) is 0 Å². The van der Waals surface area contributed by atoms with Gasteiger partial charge in [-0.15, -0.1) is 10.2 Å². The molecular formula is C20H26FN5O3. The highest BCUT2D eigenvalue weighted by molar-refractivity contribution is 5.65. The first-order valence-electron chi connectivity index (χ1n) is 10.1. The summed E-state index contributed by atoms with van der Waals surface area (Å²) in [4.78, 5) is 14.9. The number of hydrogen-bond donors (Lipinski definition) is 1. The highest BCUT2D eigenvalue weighted by Gasteiger charge is 2.29. The summed E-state index contributed by atoms with van der Waals surface area (Å²) in [5, 5.41) is 16.5. The summed E-state index contributed by atoms with van der Waals surface area (Å²) in [5.41, 5.74) is 0.656. The maximum Gasteiger partial charge on any atom is 0.407 e. The molecule has 1 amide bonds. The van der Waals surface area contributed by atoms with Crippen molar-refractivity contribution in [3.63, 3.8) is 0 Å². The van der Waals surface area contributed by atoms with E-state index < -0.39 is 6.09 Å². The number of amides is 1. The average molecular weight is 403 g/mol. The molecule has 1 aromatic carbocycles. The lowest BCUT2D eigenvalue weighted by molar-refractivity contribution is 0.0616. The van der Waals surface area contributed by atoms with Crippen LogP contribution in [-0.4, -0.2) is 74.6 Å². The van der Waals surface area contributed by atoms with Gasteiger partial charge in [0, 0.05) is 38.3 Å². The molecule has 4 rings (SSSR count). The molecular weight excluding hydrogens is 377 g/mol. The number of rotatable bonds is 5. The lowest BCUT2D eigenvalue weighted by Crippen LogP contribution is -2.52. The van der Waals surface area contributed by atoms with Gasteiger partial charge in [-0.1, -0.05) is 0 Å². The van der Waals surface area contributed by atoms with E-state index in [1.807, 2.05) is 0 Å². The van der Waals surface area contributed by atoms with Gasteiger partial charge < -0.3 is 14.7 Å². The molecule has 0 atom stereocenters. The third-order valence-electron chi connectivity index (χ3n) is 6.02. The van der Waals surface area contributed by atoms with Gasteiger partial charge in [-0.25, -0.2) is 9.18 Å². The second kappa shape index (κ2) is 8.77. The van der Waals surface area contributed by atoms with Crippen LogP contribution in [0.4, 0.5) is 9.18 Å². The van der Waals surface area contributed by atoms with Crippen molar-refractivity contribution in [2.75, 3.05) is 32.8 Å². The Morgan fingerprint density at radius 2 is 1.79 bits per heavy atom. The van der Waals surface area contributed by atoms with Crippen LogP contribution in [0.5, 0.6) is 5.75 Å². The number of aromatic nitrogens is 3. The second-order valence-corrected chi connectivity index (χ2v) is 7.78. The van der Waals surface area contributed by atoms with E-state index in [9.17, 15) is 9.18 Å². The molecule has 156 valence electrons. The number of carboxylic acid groups (broad SMARTS) is 1. The van der Waals surface area contributed by atoms with Crippen LogP contribution in [0, 0.1) is 11.7 Å². The minimum absolute atomic E-state index is 0.272. The Morgan fingerprint density at radius 3 is 2.41 bits per heavy atom. The van der Waals surface area contributed by atoms with Crippen LogP contribution in [-0.2, 0) is 0 Å². The fourth-order valence-electron chi connectivity index (χ4n) is 4.26. The molecule has 8 nitrogen and oxygen atoms in total. The van der Waals surface area contributed by atoms with Gasteiger partial charge in [-0.05, 0) is 43.7 Å². The highest BCUT2D eigenvalue weighted by atomic mass is 19.1. The largest absolute Gasteiger partial charge is 0.490 e. The Bertz CT molecular complexity index is 816. The molecule has 29 heavy (non-hydrogen) atoms. The van der Waals surface area contributed by atoms with Crippen molar-refractivity contribution in [2.24, 2.45) is 5.92 Å². The molecule has 1 saturated heterocycles. The van der Waals surface area contributed by atoms with E-state index in [-0.39, 0.29) is 11.6 Å². The highest BCUT2D eigenvalue weighted by Crippen LogP contribution is 2.29. The fourth-order valence-corrected chi connectivity index (χ4v) is 4.26. The summed E-state index contributed by atoms with van der Waals surface area (Å²) in [5.74, 6) is 0.304. The van der Waals surface area contributed by atoms with Crippen molar-refractivity contribution in [3.8, 4) is 11.4 Å². The van der Waals surface area contributed by atoms with Crippen molar-refractivity contribution in [1.82, 2.24) is 24.6 Å². The number of carbonyl (C=O) groups is 1. The minimum atomic E-state index is -0.826. The Kier molecular flexibility index (Phi) is 5.94. The second-order valence-electron chi connectivity index (χ2n) is 7.78. The molecule has 2 aromatic rings. The normalized spacial score (nSPS) is 23.1. The summed E-state index contributed by atoms with van der Waals surface area (Å²) in [6, 6.07) is 5.38. The molecule has 1 aliphatic heterocycles. The average Bonchev–Trinajstić information content (AvgIpc) is 3.28. The van der Waals surface area contributed by atoms with Crippen molar-refractivity contribution < 1.29 is 19.0 Å². The predicted molar refractivity (Wildman–Crippen MR) is 104 cm³/mol. The van der Waals surface area contributed by atoms with Gasteiger partial charge >= 0.3 is 6.09 Å². The predicted octanol–water partition coefficient (Wildman–Crippen LogP) is 2.64. The number of ether oxygens (including phenoxy) is 1. The zero-order valence-electron chi connectivity index (χ0n) is 16.3. The van der Waals surface area contributed by atoms with Crippen molar-refractivity contribution in [3.05, 3.63) is 36.7 Å². The molecule has 1 N–H and O–H groups in total. The van der Waals surface area contributed by atoms with E-state index in [0.717, 1.165) is 38.8 Å². The first-order chi connectivity index (χ1) is 14.1. The fraction of sp³-hybridized carbons (Fsp3) is 0.550. The molecule has 1 aromatic heterocycles. The third-order valence-corrected chi connectivity index (χ3v) is 6.02. The summed E-state index contributed by atoms with van der Waals surface area (Å²) < 4.78 is 21.8. The van der Waals surface area contributed by atoms with Crippen LogP contribution in [0.15, 0.2) is 30.9 Å². The SMILES string of the molecule is O=C(O)N1CCN([C@H]2CC[C@H](COc3ccc(-n4cnnc4)cc3F)CC2)CC1. The van der Waals surface area contributed by atoms with E-state index >= 15 is 0 Å². The van der Waals surface area contributed by atoms with Gasteiger partial charge in [-0.2, -0.15) is 0 Å². The molecule has 9 heteroatoms. The molecule has 0 radical (unpaired) electrons. The maximum absolute atomic E-state index is 14.4. The molecule has 2 fully saturated rings. The summed E-state index contributed by atoms with van der Waals surface area (Å²) in [6.45, 7) is 3.30. The summed E-state index contributed by atoms with van der Waals surface area (Å²) >= 11 is 0. The molecule has 2 aliphatic rings. The lowest BCUT2D eigenvalue weighted by atomic mass is 9.85. The van der Waals surface area contributed by atoms with Crippen LogP contribution < -0.4 is 4.74 Å². The van der Waals surface area contributed by atoms with Crippen LogP contribution in [0.25, 0.3) is 5.69 Å². The number of benzene rings is 1. The van der Waals surface area contributed by atoms with Crippen LogP contribution in [0.1, 0.15) is 25.7 Å². The molecule has 2 heterocycles. The quantitative estimate of drug-likeness (QED) is 0.826. The van der Waals surface area contributed by atoms with Crippen molar-refractivity contribution in [2.45, 2.75) is 31.7 Å². The van der Waals surface area contributed by atoms with Crippen molar-refractivity contribution >= 4 is 6.09 Å². The smallest absolute Gasteiger partial charge is 0.407 e. The molecule has 0 spiro atoms. The van der Waals surface area contributed by atoms with Crippen LogP contribution in [0.3, 0.4) is 0 Å². The van der Waals surface area contributed by atoms with E-state index in [4.69, 9.17) is 9.84 Å². The molecule has 0 unspecified atom stereocenters. The Morgan fingerprint density at radius 1 is 1.10 bits per heavy atom. The molecule has 0 bridgehead atoms. The topological polar surface area (TPSA) is 83.7 Å². The Labute approximate surface area is 168 Å². The third kappa shape index (κ3) is 4.67. The minimum Gasteiger partial charge on any atom is -0.490 e. The maximum atomic E-state index is 14.4. The van der Waals surface area contributed by atoms with E-state index in [0.29, 0.717) is 37.3 Å². The van der Waals surface area contributed by atoms with Gasteiger partial charge in [0.25, 0.3) is 0 Å². The molecule has 1 aliphatic carbocycles. The number of halogens is 1. The summed E-state index contributed by atoms with van der Waals surface area (Å²) in [7, 11) is 0. The van der Waals surface area contributed by atoms with Crippen LogP contribution >= 0.6 is 0 Å². The monoisotopic (exact) mass is 403 g/mol. The zero-order valence-corrected chi connectivity index (χ0v) is 16.3. The van der Waals surface area contributed by atoms with Gasteiger partial charge in [-0.3, -0.25) is 9.47 Å².